The number of rotatable bonds is 5. The molecule has 1 fully saturated rings. The molecule has 0 unspecified atom stereocenters. The minimum Gasteiger partial charge on any atom is -0.368 e. The quantitative estimate of drug-likeness (QED) is 0.712. The molecular weight excluding hydrogens is 192 g/mol. The Balaban J connectivity index is 2.30. The second-order valence-corrected chi connectivity index (χ2v) is 4.29. The number of nitrogens with two attached hydrogens (primary N) is 1. The van der Waals surface area contributed by atoms with Gasteiger partial charge in [-0.25, -0.2) is 0 Å². The van der Waals surface area contributed by atoms with Gasteiger partial charge in [-0.1, -0.05) is 19.8 Å². The van der Waals surface area contributed by atoms with Gasteiger partial charge in [0.15, 0.2) is 0 Å². The van der Waals surface area contributed by atoms with Crippen molar-refractivity contribution < 1.29 is 9.59 Å². The third-order valence-electron chi connectivity index (χ3n) is 3.04. The molecule has 1 atom stereocenters. The van der Waals surface area contributed by atoms with Crippen LogP contribution in [0.3, 0.4) is 0 Å². The fourth-order valence-electron chi connectivity index (χ4n) is 2.10. The zero-order valence-corrected chi connectivity index (χ0v) is 9.29. The second kappa shape index (κ2) is 5.73. The highest BCUT2D eigenvalue weighted by molar-refractivity contribution is 5.86. The van der Waals surface area contributed by atoms with Crippen molar-refractivity contribution in [2.45, 2.75) is 51.5 Å². The summed E-state index contributed by atoms with van der Waals surface area (Å²) in [7, 11) is 0. The van der Waals surface area contributed by atoms with Crippen LogP contribution >= 0.6 is 0 Å². The van der Waals surface area contributed by atoms with E-state index in [4.69, 9.17) is 5.73 Å². The first-order valence-corrected chi connectivity index (χ1v) is 5.72. The Morgan fingerprint density at radius 1 is 1.40 bits per heavy atom. The molecule has 1 rings (SSSR count). The highest BCUT2D eigenvalue weighted by atomic mass is 16.2. The second-order valence-electron chi connectivity index (χ2n) is 4.29. The Kier molecular flexibility index (Phi) is 4.59. The van der Waals surface area contributed by atoms with E-state index < -0.39 is 11.9 Å². The maximum atomic E-state index is 11.6. The topological polar surface area (TPSA) is 72.2 Å². The van der Waals surface area contributed by atoms with Crippen molar-refractivity contribution in [2.24, 2.45) is 11.7 Å². The standard InChI is InChI=1S/C11H20N2O2/c1-2-9(11(12)15)13-10(14)7-8-5-3-4-6-8/h8-9H,2-7H2,1H3,(H2,12,15)(H,13,14)/t9-/m1/s1. The average Bonchev–Trinajstić information content (AvgIpc) is 2.66. The summed E-state index contributed by atoms with van der Waals surface area (Å²) in [5.41, 5.74) is 5.15. The molecule has 2 amide bonds. The van der Waals surface area contributed by atoms with Crippen molar-refractivity contribution >= 4 is 11.8 Å². The molecule has 0 aromatic carbocycles. The molecule has 3 N–H and O–H groups in total. The smallest absolute Gasteiger partial charge is 0.239 e. The van der Waals surface area contributed by atoms with Gasteiger partial charge in [0, 0.05) is 6.42 Å². The highest BCUT2D eigenvalue weighted by Crippen LogP contribution is 2.27. The summed E-state index contributed by atoms with van der Waals surface area (Å²) in [6.45, 7) is 1.84. The molecule has 0 radical (unpaired) electrons. The van der Waals surface area contributed by atoms with E-state index >= 15 is 0 Å². The van der Waals surface area contributed by atoms with E-state index in [2.05, 4.69) is 5.32 Å². The van der Waals surface area contributed by atoms with E-state index in [0.717, 1.165) is 12.8 Å². The summed E-state index contributed by atoms with van der Waals surface area (Å²) in [5, 5.41) is 2.68. The molecule has 0 heterocycles. The van der Waals surface area contributed by atoms with Crippen LogP contribution in [0.2, 0.25) is 0 Å². The number of hydrogen-bond acceptors (Lipinski definition) is 2. The number of carbonyl (C=O) groups is 2. The molecule has 0 spiro atoms. The van der Waals surface area contributed by atoms with Gasteiger partial charge in [0.2, 0.25) is 11.8 Å². The van der Waals surface area contributed by atoms with Crippen LogP contribution in [0.1, 0.15) is 45.4 Å². The molecule has 0 bridgehead atoms. The predicted molar refractivity (Wildman–Crippen MR) is 58.0 cm³/mol. The van der Waals surface area contributed by atoms with Crippen LogP contribution in [0.25, 0.3) is 0 Å². The van der Waals surface area contributed by atoms with Gasteiger partial charge in [-0.3, -0.25) is 9.59 Å². The van der Waals surface area contributed by atoms with Crippen molar-refractivity contribution in [1.29, 1.82) is 0 Å². The van der Waals surface area contributed by atoms with Crippen molar-refractivity contribution in [3.63, 3.8) is 0 Å². The first kappa shape index (κ1) is 12.0. The molecule has 86 valence electrons. The molecule has 15 heavy (non-hydrogen) atoms. The van der Waals surface area contributed by atoms with E-state index in [-0.39, 0.29) is 5.91 Å². The lowest BCUT2D eigenvalue weighted by Crippen LogP contribution is -2.44. The molecule has 4 heteroatoms. The van der Waals surface area contributed by atoms with Gasteiger partial charge in [0.05, 0.1) is 0 Å². The largest absolute Gasteiger partial charge is 0.368 e. The molecule has 1 saturated carbocycles. The predicted octanol–water partition coefficient (Wildman–Crippen LogP) is 0.947. The maximum absolute atomic E-state index is 11.6. The lowest BCUT2D eigenvalue weighted by molar-refractivity contribution is -0.128. The normalized spacial score (nSPS) is 18.7. The maximum Gasteiger partial charge on any atom is 0.239 e. The Morgan fingerprint density at radius 3 is 2.47 bits per heavy atom. The molecule has 0 aliphatic heterocycles. The van der Waals surface area contributed by atoms with Gasteiger partial charge in [0.25, 0.3) is 0 Å². The zero-order valence-electron chi connectivity index (χ0n) is 9.29. The minimum absolute atomic E-state index is 0.0347. The van der Waals surface area contributed by atoms with Gasteiger partial charge in [-0.15, -0.1) is 0 Å². The summed E-state index contributed by atoms with van der Waals surface area (Å²) in [6.07, 6.45) is 5.84. The van der Waals surface area contributed by atoms with Gasteiger partial charge >= 0.3 is 0 Å². The Labute approximate surface area is 90.6 Å². The lowest BCUT2D eigenvalue weighted by Gasteiger charge is -2.15. The van der Waals surface area contributed by atoms with E-state index in [1.165, 1.54) is 12.8 Å². The number of nitrogens with one attached hydrogen (secondary N) is 1. The third-order valence-corrected chi connectivity index (χ3v) is 3.04. The van der Waals surface area contributed by atoms with E-state index in [9.17, 15) is 9.59 Å². The summed E-state index contributed by atoms with van der Waals surface area (Å²) < 4.78 is 0. The summed E-state index contributed by atoms with van der Waals surface area (Å²) >= 11 is 0. The SMILES string of the molecule is CC[C@@H](NC(=O)CC1CCCC1)C(N)=O. The van der Waals surface area contributed by atoms with Gasteiger partial charge in [-0.2, -0.15) is 0 Å². The fraction of sp³-hybridized carbons (Fsp3) is 0.818. The molecule has 1 aliphatic rings. The van der Waals surface area contributed by atoms with E-state index in [1.54, 1.807) is 0 Å². The first-order valence-electron chi connectivity index (χ1n) is 5.72. The van der Waals surface area contributed by atoms with Crippen LogP contribution in [0.15, 0.2) is 0 Å². The number of primary amides is 1. The Bertz CT molecular complexity index is 235. The summed E-state index contributed by atoms with van der Waals surface area (Å²) in [4.78, 5) is 22.5. The molecule has 0 saturated heterocycles. The average molecular weight is 212 g/mol. The Morgan fingerprint density at radius 2 is 2.00 bits per heavy atom. The molecule has 0 aromatic rings. The van der Waals surface area contributed by atoms with Crippen LogP contribution < -0.4 is 11.1 Å². The molecule has 0 aromatic heterocycles. The van der Waals surface area contributed by atoms with Crippen LogP contribution in [0, 0.1) is 5.92 Å². The van der Waals surface area contributed by atoms with Crippen molar-refractivity contribution in [3.05, 3.63) is 0 Å². The van der Waals surface area contributed by atoms with Crippen molar-refractivity contribution in [2.75, 3.05) is 0 Å². The molecule has 4 nitrogen and oxygen atoms in total. The Hall–Kier alpha value is -1.06. The highest BCUT2D eigenvalue weighted by Gasteiger charge is 2.21. The zero-order chi connectivity index (χ0) is 11.3. The summed E-state index contributed by atoms with van der Waals surface area (Å²) in [5.74, 6) is 0.0280. The van der Waals surface area contributed by atoms with Gasteiger partial charge in [-0.05, 0) is 25.2 Å². The van der Waals surface area contributed by atoms with E-state index in [1.807, 2.05) is 6.92 Å². The minimum atomic E-state index is -0.501. The fourth-order valence-corrected chi connectivity index (χ4v) is 2.10. The van der Waals surface area contributed by atoms with Crippen molar-refractivity contribution in [1.82, 2.24) is 5.32 Å². The van der Waals surface area contributed by atoms with Crippen LogP contribution in [0.4, 0.5) is 0 Å². The first-order chi connectivity index (χ1) is 7.13. The van der Waals surface area contributed by atoms with Crippen LogP contribution in [-0.2, 0) is 9.59 Å². The van der Waals surface area contributed by atoms with Crippen LogP contribution in [-0.4, -0.2) is 17.9 Å². The number of amides is 2. The van der Waals surface area contributed by atoms with Gasteiger partial charge in [0.1, 0.15) is 6.04 Å². The molecular formula is C11H20N2O2. The monoisotopic (exact) mass is 212 g/mol. The van der Waals surface area contributed by atoms with E-state index in [0.29, 0.717) is 18.8 Å². The summed E-state index contributed by atoms with van der Waals surface area (Å²) in [6, 6.07) is -0.501. The number of hydrogen-bond donors (Lipinski definition) is 2. The van der Waals surface area contributed by atoms with Gasteiger partial charge < -0.3 is 11.1 Å². The molecule has 1 aliphatic carbocycles. The lowest BCUT2D eigenvalue weighted by atomic mass is 10.0. The third kappa shape index (κ3) is 3.90. The van der Waals surface area contributed by atoms with Crippen molar-refractivity contribution in [3.8, 4) is 0 Å². The van der Waals surface area contributed by atoms with Crippen LogP contribution in [0.5, 0.6) is 0 Å². The number of carbonyl (C=O) groups excluding carboxylic acids is 2.